The van der Waals surface area contributed by atoms with Crippen LogP contribution < -0.4 is 0 Å². The maximum Gasteiger partial charge on any atom is 0.106 e. The number of hydrogen-bond acceptors (Lipinski definition) is 2. The van der Waals surface area contributed by atoms with E-state index in [9.17, 15) is 0 Å². The maximum atomic E-state index is 5.19. The van der Waals surface area contributed by atoms with Crippen molar-refractivity contribution < 1.29 is 4.84 Å². The number of hydrogen-bond donors (Lipinski definition) is 0. The van der Waals surface area contributed by atoms with Gasteiger partial charge in [-0.15, -0.1) is 0 Å². The van der Waals surface area contributed by atoms with Crippen LogP contribution in [0, 0.1) is 18.3 Å². The zero-order valence-corrected chi connectivity index (χ0v) is 13.3. The number of nitrogens with zero attached hydrogens (tertiary/aromatic N) is 1. The molecule has 0 amide bonds. The van der Waals surface area contributed by atoms with Gasteiger partial charge in [-0.2, -0.15) is 0 Å². The molecular weight excluding hydrogens is 246 g/mol. The Labute approximate surface area is 122 Å². The topological polar surface area (TPSA) is 21.6 Å². The third kappa shape index (κ3) is 1.73. The first kappa shape index (κ1) is 13.7. The molecule has 108 valence electrons. The minimum Gasteiger partial charge on any atom is -0.399 e. The second kappa shape index (κ2) is 4.34. The van der Waals surface area contributed by atoms with Gasteiger partial charge < -0.3 is 4.84 Å². The van der Waals surface area contributed by atoms with E-state index < -0.39 is 0 Å². The molecule has 1 aromatic carbocycles. The van der Waals surface area contributed by atoms with Gasteiger partial charge in [-0.25, -0.2) is 0 Å². The van der Waals surface area contributed by atoms with Gasteiger partial charge in [0.1, 0.15) is 7.11 Å². The average molecular weight is 271 g/mol. The Bertz CT molecular complexity index is 573. The van der Waals surface area contributed by atoms with Gasteiger partial charge in [0.05, 0.1) is 5.71 Å². The Morgan fingerprint density at radius 1 is 1.20 bits per heavy atom. The van der Waals surface area contributed by atoms with E-state index in [1.54, 1.807) is 7.11 Å². The Kier molecular flexibility index (Phi) is 2.97. The quantitative estimate of drug-likeness (QED) is 0.692. The monoisotopic (exact) mass is 271 g/mol. The van der Waals surface area contributed by atoms with E-state index in [0.29, 0.717) is 5.92 Å². The van der Waals surface area contributed by atoms with Crippen molar-refractivity contribution in [2.75, 3.05) is 7.11 Å². The lowest BCUT2D eigenvalue weighted by Crippen LogP contribution is -2.44. The number of benzene rings is 1. The zero-order valence-electron chi connectivity index (χ0n) is 13.3. The Morgan fingerprint density at radius 3 is 2.65 bits per heavy atom. The Morgan fingerprint density at radius 2 is 1.95 bits per heavy atom. The highest BCUT2D eigenvalue weighted by Gasteiger charge is 2.55. The summed E-state index contributed by atoms with van der Waals surface area (Å²) in [6, 6.07) is 6.79. The summed E-state index contributed by atoms with van der Waals surface area (Å²) >= 11 is 0. The van der Waals surface area contributed by atoms with E-state index >= 15 is 0 Å². The number of oxime groups is 1. The second-order valence-electron chi connectivity index (χ2n) is 7.40. The fraction of sp³-hybridized carbons (Fsp3) is 0.611. The molecule has 0 heterocycles. The van der Waals surface area contributed by atoms with Crippen LogP contribution in [0.4, 0.5) is 0 Å². The lowest BCUT2D eigenvalue weighted by molar-refractivity contribution is 0.109. The normalized spacial score (nSPS) is 32.9. The lowest BCUT2D eigenvalue weighted by atomic mass is 9.56. The third-order valence-corrected chi connectivity index (χ3v) is 5.47. The molecule has 2 nitrogen and oxygen atoms in total. The van der Waals surface area contributed by atoms with Crippen molar-refractivity contribution in [1.29, 1.82) is 0 Å². The van der Waals surface area contributed by atoms with Gasteiger partial charge in [0.15, 0.2) is 0 Å². The molecular formula is C18H25NO. The fourth-order valence-corrected chi connectivity index (χ4v) is 4.73. The van der Waals surface area contributed by atoms with Gasteiger partial charge in [0.2, 0.25) is 0 Å². The highest BCUT2D eigenvalue weighted by molar-refractivity contribution is 6.08. The van der Waals surface area contributed by atoms with Crippen molar-refractivity contribution in [2.45, 2.75) is 52.4 Å². The largest absolute Gasteiger partial charge is 0.399 e. The highest BCUT2D eigenvalue weighted by atomic mass is 16.6. The van der Waals surface area contributed by atoms with Crippen LogP contribution in [0.3, 0.4) is 0 Å². The van der Waals surface area contributed by atoms with Gasteiger partial charge in [-0.1, -0.05) is 56.1 Å². The summed E-state index contributed by atoms with van der Waals surface area (Å²) in [5, 5.41) is 4.44. The van der Waals surface area contributed by atoms with Gasteiger partial charge in [-0.3, -0.25) is 0 Å². The molecule has 1 saturated carbocycles. The van der Waals surface area contributed by atoms with Crippen LogP contribution in [0.1, 0.15) is 56.7 Å². The molecule has 1 aromatic rings. The molecule has 3 rings (SSSR count). The fourth-order valence-electron chi connectivity index (χ4n) is 4.73. The van der Waals surface area contributed by atoms with E-state index in [2.05, 4.69) is 51.0 Å². The van der Waals surface area contributed by atoms with E-state index in [0.717, 1.165) is 5.71 Å². The molecule has 20 heavy (non-hydrogen) atoms. The summed E-state index contributed by atoms with van der Waals surface area (Å²) in [5.74, 6) is 0.459. The number of aryl methyl sites for hydroxylation is 1. The second-order valence-corrected chi connectivity index (χ2v) is 7.40. The van der Waals surface area contributed by atoms with Crippen molar-refractivity contribution in [1.82, 2.24) is 0 Å². The van der Waals surface area contributed by atoms with Crippen LogP contribution in [-0.2, 0) is 10.3 Å². The molecule has 2 atom stereocenters. The van der Waals surface area contributed by atoms with Gasteiger partial charge in [0.25, 0.3) is 0 Å². The molecule has 0 saturated heterocycles. The first-order valence-corrected chi connectivity index (χ1v) is 7.63. The van der Waals surface area contributed by atoms with Crippen molar-refractivity contribution in [3.8, 4) is 0 Å². The molecule has 2 heteroatoms. The molecule has 1 fully saturated rings. The first-order valence-electron chi connectivity index (χ1n) is 7.63. The Balaban J connectivity index is 2.26. The molecule has 0 spiro atoms. The van der Waals surface area contributed by atoms with Crippen LogP contribution in [0.25, 0.3) is 0 Å². The van der Waals surface area contributed by atoms with Crippen LogP contribution in [0.5, 0.6) is 0 Å². The maximum absolute atomic E-state index is 5.19. The van der Waals surface area contributed by atoms with Crippen molar-refractivity contribution >= 4 is 5.71 Å². The minimum atomic E-state index is 0.209. The molecule has 2 aliphatic carbocycles. The van der Waals surface area contributed by atoms with Gasteiger partial charge in [-0.05, 0) is 30.7 Å². The minimum absolute atomic E-state index is 0.209. The summed E-state index contributed by atoms with van der Waals surface area (Å²) in [6.45, 7) is 9.38. The summed E-state index contributed by atoms with van der Waals surface area (Å²) in [7, 11) is 1.66. The van der Waals surface area contributed by atoms with Crippen LogP contribution in [-0.4, -0.2) is 12.8 Å². The smallest absolute Gasteiger partial charge is 0.106 e. The van der Waals surface area contributed by atoms with Crippen molar-refractivity contribution in [2.24, 2.45) is 16.5 Å². The van der Waals surface area contributed by atoms with E-state index in [1.165, 1.54) is 36.0 Å². The number of fused-ring (bicyclic) bond motifs is 3. The summed E-state index contributed by atoms with van der Waals surface area (Å²) in [6.07, 6.45) is 3.82. The Hall–Kier alpha value is -1.31. The summed E-state index contributed by atoms with van der Waals surface area (Å²) in [4.78, 5) is 5.19. The van der Waals surface area contributed by atoms with Gasteiger partial charge in [0, 0.05) is 16.9 Å². The molecule has 2 unspecified atom stereocenters. The van der Waals surface area contributed by atoms with Crippen molar-refractivity contribution in [3.63, 3.8) is 0 Å². The highest BCUT2D eigenvalue weighted by Crippen LogP contribution is 2.58. The molecule has 0 radical (unpaired) electrons. The van der Waals surface area contributed by atoms with Gasteiger partial charge >= 0.3 is 0 Å². The first-order chi connectivity index (χ1) is 9.40. The van der Waals surface area contributed by atoms with Crippen LogP contribution in [0.15, 0.2) is 23.4 Å². The predicted octanol–water partition coefficient (Wildman–Crippen LogP) is 4.44. The number of rotatable bonds is 1. The third-order valence-electron chi connectivity index (χ3n) is 5.47. The molecule has 0 aliphatic heterocycles. The molecule has 0 aromatic heterocycles. The molecule has 0 bridgehead atoms. The van der Waals surface area contributed by atoms with E-state index in [1.807, 2.05) is 0 Å². The summed E-state index contributed by atoms with van der Waals surface area (Å²) < 4.78 is 0. The van der Waals surface area contributed by atoms with Crippen LogP contribution in [0.2, 0.25) is 0 Å². The van der Waals surface area contributed by atoms with E-state index in [4.69, 9.17) is 4.84 Å². The summed E-state index contributed by atoms with van der Waals surface area (Å²) in [5.41, 5.74) is 5.77. The lowest BCUT2D eigenvalue weighted by Gasteiger charge is -2.47. The standard InChI is InChI=1S/C18H25NO/c1-12-7-8-13-14(11-12)18(4)10-6-9-17(2,3)16(18)15(13)19-20-5/h7-8,11,16H,6,9-10H2,1-5H3. The van der Waals surface area contributed by atoms with Crippen LogP contribution >= 0.6 is 0 Å². The molecule has 2 aliphatic rings. The average Bonchev–Trinajstić information content (AvgIpc) is 2.60. The zero-order chi connectivity index (χ0) is 14.5. The molecule has 0 N–H and O–H groups in total. The predicted molar refractivity (Wildman–Crippen MR) is 83.2 cm³/mol. The SMILES string of the molecule is CON=C1c2ccc(C)cc2C2(C)CCCC(C)(C)C12. The van der Waals surface area contributed by atoms with E-state index in [-0.39, 0.29) is 10.8 Å². The van der Waals surface area contributed by atoms with Crippen molar-refractivity contribution in [3.05, 3.63) is 34.9 Å².